The average molecular weight is 340 g/mol. The number of rotatable bonds is 6. The van der Waals surface area contributed by atoms with Crippen molar-refractivity contribution >= 4 is 5.91 Å². The Labute approximate surface area is 150 Å². The third-order valence-corrected chi connectivity index (χ3v) is 4.93. The zero-order valence-corrected chi connectivity index (χ0v) is 15.2. The largest absolute Gasteiger partial charge is 0.364 e. The molecule has 5 heteroatoms. The van der Waals surface area contributed by atoms with E-state index in [0.29, 0.717) is 6.54 Å². The van der Waals surface area contributed by atoms with Gasteiger partial charge in [-0.15, -0.1) is 0 Å². The molecule has 1 aliphatic rings. The predicted octanol–water partition coefficient (Wildman–Crippen LogP) is 2.18. The molecule has 0 radical (unpaired) electrons. The number of nitrogens with one attached hydrogen (secondary N) is 2. The van der Waals surface area contributed by atoms with Gasteiger partial charge in [-0.3, -0.25) is 14.6 Å². The minimum absolute atomic E-state index is 0.0268. The first-order valence-electron chi connectivity index (χ1n) is 9.05. The van der Waals surface area contributed by atoms with Crippen LogP contribution in [0.3, 0.4) is 0 Å². The van der Waals surface area contributed by atoms with Crippen LogP contribution >= 0.6 is 0 Å². The number of nitrogens with zero attached hydrogens (tertiary/aromatic N) is 2. The van der Waals surface area contributed by atoms with Crippen molar-refractivity contribution in [3.8, 4) is 0 Å². The molecule has 0 aliphatic carbocycles. The summed E-state index contributed by atoms with van der Waals surface area (Å²) in [6, 6.07) is 10.6. The Morgan fingerprint density at radius 3 is 2.40 bits per heavy atom. The highest BCUT2D eigenvalue weighted by atomic mass is 16.1. The summed E-state index contributed by atoms with van der Waals surface area (Å²) in [5, 5.41) is 3.05. The molecule has 5 nitrogen and oxygen atoms in total. The first kappa shape index (κ1) is 17.7. The summed E-state index contributed by atoms with van der Waals surface area (Å²) in [6.45, 7) is 10.8. The monoisotopic (exact) mass is 340 g/mol. The maximum absolute atomic E-state index is 12.3. The van der Waals surface area contributed by atoms with Gasteiger partial charge < -0.3 is 10.3 Å². The molecule has 1 aliphatic heterocycles. The number of H-pyrrole nitrogens is 1. The number of carbonyl (C=O) groups is 1. The van der Waals surface area contributed by atoms with E-state index < -0.39 is 0 Å². The van der Waals surface area contributed by atoms with E-state index >= 15 is 0 Å². The smallest absolute Gasteiger partial charge is 0.253 e. The van der Waals surface area contributed by atoms with Crippen LogP contribution in [-0.4, -0.2) is 60.0 Å². The second-order valence-electron chi connectivity index (χ2n) is 6.83. The summed E-state index contributed by atoms with van der Waals surface area (Å²) >= 11 is 0. The van der Waals surface area contributed by atoms with Crippen molar-refractivity contribution in [1.29, 1.82) is 0 Å². The second-order valence-corrected chi connectivity index (χ2v) is 6.83. The number of aryl methyl sites for hydroxylation is 2. The van der Waals surface area contributed by atoms with Crippen LogP contribution in [-0.2, 0) is 6.54 Å². The van der Waals surface area contributed by atoms with E-state index in [9.17, 15) is 4.79 Å². The van der Waals surface area contributed by atoms with E-state index in [4.69, 9.17) is 0 Å². The van der Waals surface area contributed by atoms with Crippen molar-refractivity contribution in [2.24, 2.45) is 0 Å². The van der Waals surface area contributed by atoms with Gasteiger partial charge in [0.15, 0.2) is 0 Å². The van der Waals surface area contributed by atoms with Gasteiger partial charge in [-0.25, -0.2) is 0 Å². The van der Waals surface area contributed by atoms with E-state index in [0.717, 1.165) is 56.1 Å². The third-order valence-electron chi connectivity index (χ3n) is 4.93. The van der Waals surface area contributed by atoms with Gasteiger partial charge >= 0.3 is 0 Å². The Morgan fingerprint density at radius 2 is 1.76 bits per heavy atom. The molecule has 3 rings (SSSR count). The van der Waals surface area contributed by atoms with Crippen LogP contribution in [0.25, 0.3) is 0 Å². The molecule has 2 N–H and O–H groups in total. The fraction of sp³-hybridized carbons (Fsp3) is 0.450. The molecule has 1 aromatic heterocycles. The lowest BCUT2D eigenvalue weighted by Gasteiger charge is -2.34. The lowest BCUT2D eigenvalue weighted by atomic mass is 10.1. The van der Waals surface area contributed by atoms with Gasteiger partial charge in [-0.05, 0) is 25.0 Å². The minimum Gasteiger partial charge on any atom is -0.364 e. The number of piperazine rings is 1. The van der Waals surface area contributed by atoms with Gasteiger partial charge in [0.1, 0.15) is 0 Å². The topological polar surface area (TPSA) is 51.4 Å². The average Bonchev–Trinajstić information content (AvgIpc) is 2.96. The molecule has 1 fully saturated rings. The molecule has 0 atom stereocenters. The van der Waals surface area contributed by atoms with Crippen LogP contribution in [0.15, 0.2) is 36.5 Å². The lowest BCUT2D eigenvalue weighted by Crippen LogP contribution is -2.48. The number of hydrogen-bond acceptors (Lipinski definition) is 3. The Hall–Kier alpha value is -2.11. The molecule has 1 saturated heterocycles. The molecule has 0 saturated carbocycles. The lowest BCUT2D eigenvalue weighted by molar-refractivity contribution is 0.0933. The fourth-order valence-corrected chi connectivity index (χ4v) is 3.43. The Kier molecular flexibility index (Phi) is 5.89. The van der Waals surface area contributed by atoms with E-state index in [1.807, 2.05) is 20.0 Å². The molecule has 1 amide bonds. The van der Waals surface area contributed by atoms with Crippen LogP contribution in [0.5, 0.6) is 0 Å². The van der Waals surface area contributed by atoms with Crippen molar-refractivity contribution in [1.82, 2.24) is 20.1 Å². The maximum Gasteiger partial charge on any atom is 0.253 e. The summed E-state index contributed by atoms with van der Waals surface area (Å²) in [5.41, 5.74) is 4.10. The number of carbonyl (C=O) groups excluding carboxylic acids is 1. The van der Waals surface area contributed by atoms with Crippen molar-refractivity contribution < 1.29 is 4.79 Å². The van der Waals surface area contributed by atoms with E-state index in [2.05, 4.69) is 50.4 Å². The molecule has 25 heavy (non-hydrogen) atoms. The van der Waals surface area contributed by atoms with Crippen molar-refractivity contribution in [2.75, 3.05) is 39.3 Å². The maximum atomic E-state index is 12.3. The minimum atomic E-state index is 0.0268. The summed E-state index contributed by atoms with van der Waals surface area (Å²) in [5.74, 6) is 0.0268. The highest BCUT2D eigenvalue weighted by Crippen LogP contribution is 2.12. The molecule has 0 unspecified atom stereocenters. The molecule has 2 aromatic rings. The van der Waals surface area contributed by atoms with Crippen LogP contribution in [0.1, 0.15) is 27.2 Å². The van der Waals surface area contributed by atoms with Gasteiger partial charge in [-0.1, -0.05) is 30.3 Å². The van der Waals surface area contributed by atoms with Gasteiger partial charge in [0.05, 0.1) is 5.56 Å². The Morgan fingerprint density at radius 1 is 1.08 bits per heavy atom. The normalized spacial score (nSPS) is 16.1. The molecule has 2 heterocycles. The standard InChI is InChI=1S/C20H28N4O/c1-16-14-22-17(2)19(16)20(25)21-8-9-23-10-12-24(13-11-23)15-18-6-4-3-5-7-18/h3-7,14,22H,8-13,15H2,1-2H3,(H,21,25). The summed E-state index contributed by atoms with van der Waals surface area (Å²) in [6.07, 6.45) is 1.89. The van der Waals surface area contributed by atoms with E-state index in [-0.39, 0.29) is 5.91 Å². The number of aromatic amines is 1. The summed E-state index contributed by atoms with van der Waals surface area (Å²) in [7, 11) is 0. The zero-order chi connectivity index (χ0) is 17.6. The first-order valence-corrected chi connectivity index (χ1v) is 9.05. The molecule has 134 valence electrons. The van der Waals surface area contributed by atoms with Gasteiger partial charge in [-0.2, -0.15) is 0 Å². The highest BCUT2D eigenvalue weighted by Gasteiger charge is 2.17. The van der Waals surface area contributed by atoms with Crippen molar-refractivity contribution in [2.45, 2.75) is 20.4 Å². The van der Waals surface area contributed by atoms with Crippen molar-refractivity contribution in [3.63, 3.8) is 0 Å². The SMILES string of the molecule is Cc1c[nH]c(C)c1C(=O)NCCN1CCN(Cc2ccccc2)CC1. The van der Waals surface area contributed by atoms with Gasteiger partial charge in [0.2, 0.25) is 0 Å². The Bertz CT molecular complexity index is 667. The first-order chi connectivity index (χ1) is 12.1. The molecule has 0 spiro atoms. The summed E-state index contributed by atoms with van der Waals surface area (Å²) < 4.78 is 0. The van der Waals surface area contributed by atoms with E-state index in [1.165, 1.54) is 5.56 Å². The second kappa shape index (κ2) is 8.32. The number of amides is 1. The van der Waals surface area contributed by atoms with Crippen LogP contribution in [0.2, 0.25) is 0 Å². The third kappa shape index (κ3) is 4.71. The zero-order valence-electron chi connectivity index (χ0n) is 15.2. The number of hydrogen-bond donors (Lipinski definition) is 2. The molecular formula is C20H28N4O. The van der Waals surface area contributed by atoms with Crippen molar-refractivity contribution in [3.05, 3.63) is 58.9 Å². The molecular weight excluding hydrogens is 312 g/mol. The number of benzene rings is 1. The van der Waals surface area contributed by atoms with Crippen LogP contribution in [0.4, 0.5) is 0 Å². The Balaban J connectivity index is 1.37. The fourth-order valence-electron chi connectivity index (χ4n) is 3.43. The molecule has 1 aromatic carbocycles. The summed E-state index contributed by atoms with van der Waals surface area (Å²) in [4.78, 5) is 20.3. The van der Waals surface area contributed by atoms with E-state index in [1.54, 1.807) is 0 Å². The molecule has 0 bridgehead atoms. The highest BCUT2D eigenvalue weighted by molar-refractivity contribution is 5.96. The van der Waals surface area contributed by atoms with Gasteiger partial charge in [0.25, 0.3) is 5.91 Å². The van der Waals surface area contributed by atoms with Crippen LogP contribution in [0, 0.1) is 13.8 Å². The quantitative estimate of drug-likeness (QED) is 0.847. The van der Waals surface area contributed by atoms with Gasteiger partial charge in [0, 0.05) is 57.7 Å². The number of aromatic nitrogens is 1. The van der Waals surface area contributed by atoms with Crippen LogP contribution < -0.4 is 5.32 Å². The predicted molar refractivity (Wildman–Crippen MR) is 101 cm³/mol.